The molecule has 4 N–H and O–H groups in total. The van der Waals surface area contributed by atoms with E-state index >= 15 is 0 Å². The minimum absolute atomic E-state index is 0.166. The Bertz CT molecular complexity index is 726. The van der Waals surface area contributed by atoms with E-state index in [2.05, 4.69) is 9.71 Å². The summed E-state index contributed by atoms with van der Waals surface area (Å²) >= 11 is 0. The lowest BCUT2D eigenvalue weighted by atomic mass is 10.1. The van der Waals surface area contributed by atoms with E-state index in [0.717, 1.165) is 11.1 Å². The van der Waals surface area contributed by atoms with Crippen LogP contribution in [0.2, 0.25) is 0 Å². The number of hydrogen-bond donors (Lipinski definition) is 3. The largest absolute Gasteiger partial charge is 0.363 e. The lowest BCUT2D eigenvalue weighted by Gasteiger charge is -2.07. The van der Waals surface area contributed by atoms with E-state index in [0.29, 0.717) is 12.1 Å². The molecule has 0 saturated heterocycles. The lowest BCUT2D eigenvalue weighted by Crippen LogP contribution is -2.25. The molecule has 0 saturated carbocycles. The van der Waals surface area contributed by atoms with Crippen LogP contribution >= 0.6 is 0 Å². The molecule has 0 bridgehead atoms. The second-order valence-electron chi connectivity index (χ2n) is 4.78. The van der Waals surface area contributed by atoms with E-state index in [4.69, 9.17) is 5.73 Å². The lowest BCUT2D eigenvalue weighted by molar-refractivity contribution is 0.581. The fraction of sp³-hybridized carbons (Fsp3) is 0.286. The zero-order chi connectivity index (χ0) is 15.5. The normalized spacial score (nSPS) is 11.8. The molecule has 0 unspecified atom stereocenters. The van der Waals surface area contributed by atoms with E-state index in [-0.39, 0.29) is 23.8 Å². The minimum Gasteiger partial charge on any atom is -0.363 e. The van der Waals surface area contributed by atoms with Crippen molar-refractivity contribution in [3.8, 4) is 0 Å². The molecule has 0 aliphatic heterocycles. The van der Waals surface area contributed by atoms with Crippen molar-refractivity contribution in [1.29, 1.82) is 0 Å². The summed E-state index contributed by atoms with van der Waals surface area (Å²) in [6, 6.07) is 5.98. The molecule has 0 aliphatic rings. The Kier molecular flexibility index (Phi) is 4.76. The number of hydrogen-bond acceptors (Lipinski definition) is 3. The molecule has 0 aliphatic carbocycles. The zero-order valence-corrected chi connectivity index (χ0v) is 12.5. The summed E-state index contributed by atoms with van der Waals surface area (Å²) in [5.74, 6) is -0.293. The van der Waals surface area contributed by atoms with Crippen LogP contribution in [0.3, 0.4) is 0 Å². The summed E-state index contributed by atoms with van der Waals surface area (Å²) in [4.78, 5) is 2.96. The van der Waals surface area contributed by atoms with Crippen LogP contribution in [0.4, 0.5) is 4.39 Å². The average Bonchev–Trinajstić information content (AvgIpc) is 2.91. The number of benzene rings is 1. The molecule has 114 valence electrons. The predicted octanol–water partition coefficient (Wildman–Crippen LogP) is 1.44. The van der Waals surface area contributed by atoms with Crippen molar-refractivity contribution >= 4 is 10.0 Å². The average molecular weight is 311 g/mol. The first-order chi connectivity index (χ1) is 9.92. The van der Waals surface area contributed by atoms with Crippen molar-refractivity contribution in [2.45, 2.75) is 24.8 Å². The van der Waals surface area contributed by atoms with Crippen LogP contribution in [0, 0.1) is 12.7 Å². The van der Waals surface area contributed by atoms with Crippen molar-refractivity contribution in [3.05, 3.63) is 53.1 Å². The van der Waals surface area contributed by atoms with E-state index in [1.165, 1.54) is 24.4 Å². The molecule has 1 heterocycles. The van der Waals surface area contributed by atoms with Gasteiger partial charge in [-0.25, -0.2) is 17.5 Å². The Labute approximate surface area is 123 Å². The maximum Gasteiger partial charge on any atom is 0.242 e. The van der Waals surface area contributed by atoms with Gasteiger partial charge in [0.15, 0.2) is 0 Å². The van der Waals surface area contributed by atoms with Crippen molar-refractivity contribution in [3.63, 3.8) is 0 Å². The molecular formula is C14H18FN3O2S. The smallest absolute Gasteiger partial charge is 0.242 e. The third-order valence-corrected chi connectivity index (χ3v) is 4.68. The van der Waals surface area contributed by atoms with Crippen LogP contribution in [-0.4, -0.2) is 19.9 Å². The molecule has 0 radical (unpaired) electrons. The van der Waals surface area contributed by atoms with Crippen LogP contribution in [0.1, 0.15) is 16.8 Å². The van der Waals surface area contributed by atoms with Gasteiger partial charge in [-0.15, -0.1) is 0 Å². The highest BCUT2D eigenvalue weighted by Gasteiger charge is 2.15. The number of H-pyrrole nitrogens is 1. The van der Waals surface area contributed by atoms with Gasteiger partial charge in [0, 0.05) is 25.0 Å². The Morgan fingerprint density at radius 2 is 2.10 bits per heavy atom. The number of rotatable bonds is 6. The SMILES string of the molecule is Cc1cc(F)ccc1CCNS(=O)(=O)c1c[nH]c(CN)c1. The first-order valence-corrected chi connectivity index (χ1v) is 8.03. The van der Waals surface area contributed by atoms with E-state index in [9.17, 15) is 12.8 Å². The molecule has 21 heavy (non-hydrogen) atoms. The molecule has 0 spiro atoms. The topological polar surface area (TPSA) is 88.0 Å². The summed E-state index contributed by atoms with van der Waals surface area (Å²) in [6.07, 6.45) is 1.91. The van der Waals surface area contributed by atoms with Crippen LogP contribution in [0.5, 0.6) is 0 Å². The summed E-state index contributed by atoms with van der Waals surface area (Å²) in [5.41, 5.74) is 7.81. The van der Waals surface area contributed by atoms with Gasteiger partial charge in [0.1, 0.15) is 5.82 Å². The second-order valence-corrected chi connectivity index (χ2v) is 6.55. The number of nitrogens with two attached hydrogens (primary N) is 1. The van der Waals surface area contributed by atoms with E-state index < -0.39 is 10.0 Å². The Hall–Kier alpha value is -1.70. The number of halogens is 1. The predicted molar refractivity (Wildman–Crippen MR) is 78.7 cm³/mol. The first-order valence-electron chi connectivity index (χ1n) is 6.54. The van der Waals surface area contributed by atoms with Gasteiger partial charge in [-0.1, -0.05) is 6.07 Å². The molecule has 0 amide bonds. The highest BCUT2D eigenvalue weighted by molar-refractivity contribution is 7.89. The summed E-state index contributed by atoms with van der Waals surface area (Å²) in [6.45, 7) is 2.30. The standard InChI is InChI=1S/C14H18FN3O2S/c1-10-6-12(15)3-2-11(10)4-5-18-21(19,20)14-7-13(8-16)17-9-14/h2-3,6-7,9,17-18H,4-5,8,16H2,1H3. The summed E-state index contributed by atoms with van der Waals surface area (Å²) in [5, 5.41) is 0. The third-order valence-electron chi connectivity index (χ3n) is 3.24. The number of nitrogens with one attached hydrogen (secondary N) is 2. The Balaban J connectivity index is 1.99. The first kappa shape index (κ1) is 15.7. The van der Waals surface area contributed by atoms with E-state index in [1.54, 1.807) is 13.0 Å². The fourth-order valence-corrected chi connectivity index (χ4v) is 3.08. The number of aryl methyl sites for hydroxylation is 1. The molecular weight excluding hydrogens is 293 g/mol. The molecule has 1 aromatic carbocycles. The maximum atomic E-state index is 13.0. The van der Waals surface area contributed by atoms with Gasteiger partial charge in [0.05, 0.1) is 4.90 Å². The van der Waals surface area contributed by atoms with Crippen molar-refractivity contribution in [2.75, 3.05) is 6.54 Å². The number of aromatic nitrogens is 1. The highest BCUT2D eigenvalue weighted by Crippen LogP contribution is 2.12. The van der Waals surface area contributed by atoms with Crippen molar-refractivity contribution in [2.24, 2.45) is 5.73 Å². The van der Waals surface area contributed by atoms with Crippen LogP contribution < -0.4 is 10.5 Å². The van der Waals surface area contributed by atoms with Crippen molar-refractivity contribution in [1.82, 2.24) is 9.71 Å². The molecule has 2 rings (SSSR count). The Morgan fingerprint density at radius 3 is 2.71 bits per heavy atom. The summed E-state index contributed by atoms with van der Waals surface area (Å²) in [7, 11) is -3.55. The van der Waals surface area contributed by atoms with E-state index in [1.807, 2.05) is 0 Å². The molecule has 0 atom stereocenters. The molecule has 5 nitrogen and oxygen atoms in total. The number of aromatic amines is 1. The number of sulfonamides is 1. The molecule has 0 fully saturated rings. The van der Waals surface area contributed by atoms with Gasteiger partial charge in [-0.2, -0.15) is 0 Å². The van der Waals surface area contributed by atoms with Gasteiger partial charge >= 0.3 is 0 Å². The molecule has 2 aromatic rings. The monoisotopic (exact) mass is 311 g/mol. The highest BCUT2D eigenvalue weighted by atomic mass is 32.2. The van der Waals surface area contributed by atoms with Gasteiger partial charge in [-0.3, -0.25) is 0 Å². The molecule has 1 aromatic heterocycles. The van der Waals surface area contributed by atoms with Gasteiger partial charge in [0.25, 0.3) is 0 Å². The van der Waals surface area contributed by atoms with Crippen LogP contribution in [0.15, 0.2) is 35.4 Å². The quantitative estimate of drug-likeness (QED) is 0.754. The van der Waals surface area contributed by atoms with Gasteiger partial charge in [0.2, 0.25) is 10.0 Å². The van der Waals surface area contributed by atoms with Crippen molar-refractivity contribution < 1.29 is 12.8 Å². The molecule has 7 heteroatoms. The van der Waals surface area contributed by atoms with Gasteiger partial charge in [-0.05, 0) is 42.7 Å². The Morgan fingerprint density at radius 1 is 1.33 bits per heavy atom. The van der Waals surface area contributed by atoms with Crippen LogP contribution in [-0.2, 0) is 23.0 Å². The zero-order valence-electron chi connectivity index (χ0n) is 11.7. The third kappa shape index (κ3) is 3.90. The maximum absolute atomic E-state index is 13.0. The van der Waals surface area contributed by atoms with Crippen LogP contribution in [0.25, 0.3) is 0 Å². The minimum atomic E-state index is -3.55. The van der Waals surface area contributed by atoms with Gasteiger partial charge < -0.3 is 10.7 Å². The summed E-state index contributed by atoms with van der Waals surface area (Å²) < 4.78 is 39.6. The second kappa shape index (κ2) is 6.38. The fourth-order valence-electron chi connectivity index (χ4n) is 2.04.